The van der Waals surface area contributed by atoms with Crippen LogP contribution in [0.3, 0.4) is 0 Å². The number of para-hydroxylation sites is 1. The zero-order chi connectivity index (χ0) is 14.4. The summed E-state index contributed by atoms with van der Waals surface area (Å²) in [5.41, 5.74) is 0.591. The maximum absolute atomic E-state index is 12.2. The maximum atomic E-state index is 12.2. The predicted molar refractivity (Wildman–Crippen MR) is 80.3 cm³/mol. The molecule has 0 saturated carbocycles. The van der Waals surface area contributed by atoms with Crippen LogP contribution in [0.5, 0.6) is 0 Å². The first-order valence-electron chi connectivity index (χ1n) is 6.57. The highest BCUT2D eigenvalue weighted by Crippen LogP contribution is 2.22. The van der Waals surface area contributed by atoms with Crippen LogP contribution in [-0.4, -0.2) is 41.7 Å². The van der Waals surface area contributed by atoms with Gasteiger partial charge < -0.3 is 10.4 Å². The fourth-order valence-electron chi connectivity index (χ4n) is 2.09. The monoisotopic (exact) mass is 294 g/mol. The van der Waals surface area contributed by atoms with Crippen molar-refractivity contribution >= 4 is 29.4 Å². The zero-order valence-corrected chi connectivity index (χ0v) is 11.9. The van der Waals surface area contributed by atoms with Crippen molar-refractivity contribution < 1.29 is 14.7 Å². The molecule has 1 fully saturated rings. The molecule has 1 saturated heterocycles. The fourth-order valence-corrected chi connectivity index (χ4v) is 3.38. The first-order chi connectivity index (χ1) is 9.66. The van der Waals surface area contributed by atoms with E-state index in [1.54, 1.807) is 24.3 Å². The lowest BCUT2D eigenvalue weighted by atomic mass is 10.1. The standard InChI is InChI=1S/C14H18N2O3S/c17-13(18)9-16(12-4-2-1-3-5-12)14(19)15-8-11-6-7-20-10-11/h1-5,11H,6-10H2,(H,15,19)(H,17,18). The summed E-state index contributed by atoms with van der Waals surface area (Å²) in [6, 6.07) is 8.50. The van der Waals surface area contributed by atoms with E-state index in [1.165, 1.54) is 4.90 Å². The van der Waals surface area contributed by atoms with Crippen LogP contribution in [0.15, 0.2) is 30.3 Å². The summed E-state index contributed by atoms with van der Waals surface area (Å²) < 4.78 is 0. The summed E-state index contributed by atoms with van der Waals surface area (Å²) in [5.74, 6) is 1.66. The van der Waals surface area contributed by atoms with Gasteiger partial charge in [0.15, 0.2) is 0 Å². The van der Waals surface area contributed by atoms with E-state index in [0.717, 1.165) is 17.9 Å². The summed E-state index contributed by atoms with van der Waals surface area (Å²) in [7, 11) is 0. The van der Waals surface area contributed by atoms with Crippen molar-refractivity contribution in [3.63, 3.8) is 0 Å². The minimum Gasteiger partial charge on any atom is -0.480 e. The molecular formula is C14H18N2O3S. The second-order valence-electron chi connectivity index (χ2n) is 4.73. The highest BCUT2D eigenvalue weighted by Gasteiger charge is 2.21. The second-order valence-corrected chi connectivity index (χ2v) is 5.88. The molecule has 0 bridgehead atoms. The van der Waals surface area contributed by atoms with Gasteiger partial charge in [-0.25, -0.2) is 4.79 Å². The number of hydrogen-bond donors (Lipinski definition) is 2. The number of benzene rings is 1. The summed E-state index contributed by atoms with van der Waals surface area (Å²) in [5, 5.41) is 11.8. The van der Waals surface area contributed by atoms with E-state index in [2.05, 4.69) is 5.32 Å². The molecule has 1 heterocycles. The molecule has 5 nitrogen and oxygen atoms in total. The molecule has 1 aliphatic heterocycles. The SMILES string of the molecule is O=C(O)CN(C(=O)NCC1CCSC1)c1ccccc1. The third-order valence-corrected chi connectivity index (χ3v) is 4.40. The van der Waals surface area contributed by atoms with Gasteiger partial charge in [-0.3, -0.25) is 9.69 Å². The van der Waals surface area contributed by atoms with Gasteiger partial charge in [0.1, 0.15) is 6.54 Å². The number of carbonyl (C=O) groups excluding carboxylic acids is 1. The fraction of sp³-hybridized carbons (Fsp3) is 0.429. The number of carbonyl (C=O) groups is 2. The number of thioether (sulfide) groups is 1. The molecule has 1 aromatic carbocycles. The Hall–Kier alpha value is -1.69. The van der Waals surface area contributed by atoms with Gasteiger partial charge in [0.25, 0.3) is 0 Å². The van der Waals surface area contributed by atoms with Crippen LogP contribution in [0, 0.1) is 5.92 Å². The average Bonchev–Trinajstić information content (AvgIpc) is 2.96. The lowest BCUT2D eigenvalue weighted by molar-refractivity contribution is -0.135. The van der Waals surface area contributed by atoms with Gasteiger partial charge >= 0.3 is 12.0 Å². The van der Waals surface area contributed by atoms with Crippen LogP contribution >= 0.6 is 11.8 Å². The molecule has 1 aliphatic rings. The highest BCUT2D eigenvalue weighted by molar-refractivity contribution is 7.99. The number of carboxylic acids is 1. The number of carboxylic acid groups (broad SMARTS) is 1. The molecule has 0 spiro atoms. The Balaban J connectivity index is 1.98. The van der Waals surface area contributed by atoms with Crippen LogP contribution in [0.4, 0.5) is 10.5 Å². The van der Waals surface area contributed by atoms with Crippen molar-refractivity contribution in [2.24, 2.45) is 5.92 Å². The molecular weight excluding hydrogens is 276 g/mol. The molecule has 1 aromatic rings. The number of hydrogen-bond acceptors (Lipinski definition) is 3. The lowest BCUT2D eigenvalue weighted by Gasteiger charge is -2.22. The first kappa shape index (κ1) is 14.7. The lowest BCUT2D eigenvalue weighted by Crippen LogP contribution is -2.44. The number of aliphatic carboxylic acids is 1. The predicted octanol–water partition coefficient (Wildman–Crippen LogP) is 2.04. The third-order valence-electron chi connectivity index (χ3n) is 3.17. The van der Waals surface area contributed by atoms with Gasteiger partial charge in [0.2, 0.25) is 0 Å². The minimum atomic E-state index is -1.03. The molecule has 0 aromatic heterocycles. The Bertz CT molecular complexity index is 461. The van der Waals surface area contributed by atoms with E-state index >= 15 is 0 Å². The van der Waals surface area contributed by atoms with Gasteiger partial charge in [-0.2, -0.15) is 11.8 Å². The zero-order valence-electron chi connectivity index (χ0n) is 11.1. The normalized spacial score (nSPS) is 17.7. The van der Waals surface area contributed by atoms with E-state index < -0.39 is 5.97 Å². The molecule has 1 atom stereocenters. The number of nitrogens with zero attached hydrogens (tertiary/aromatic N) is 1. The van der Waals surface area contributed by atoms with Crippen molar-refractivity contribution in [1.82, 2.24) is 5.32 Å². The maximum Gasteiger partial charge on any atom is 0.323 e. The molecule has 2 amide bonds. The van der Waals surface area contributed by atoms with Crippen molar-refractivity contribution in [2.45, 2.75) is 6.42 Å². The average molecular weight is 294 g/mol. The van der Waals surface area contributed by atoms with E-state index in [1.807, 2.05) is 17.8 Å². The Labute approximate surface area is 122 Å². The van der Waals surface area contributed by atoms with E-state index in [9.17, 15) is 9.59 Å². The largest absolute Gasteiger partial charge is 0.480 e. The van der Waals surface area contributed by atoms with Gasteiger partial charge in [0.05, 0.1) is 0 Å². The number of anilines is 1. The Morgan fingerprint density at radius 3 is 2.70 bits per heavy atom. The third kappa shape index (κ3) is 4.16. The van der Waals surface area contributed by atoms with E-state index in [0.29, 0.717) is 18.2 Å². The summed E-state index contributed by atoms with van der Waals surface area (Å²) in [4.78, 5) is 24.4. The Morgan fingerprint density at radius 1 is 1.35 bits per heavy atom. The van der Waals surface area contributed by atoms with Gasteiger partial charge in [-0.05, 0) is 36.0 Å². The molecule has 1 unspecified atom stereocenters. The molecule has 20 heavy (non-hydrogen) atoms. The Morgan fingerprint density at radius 2 is 2.10 bits per heavy atom. The summed E-state index contributed by atoms with van der Waals surface area (Å²) >= 11 is 1.89. The smallest absolute Gasteiger partial charge is 0.323 e. The summed E-state index contributed by atoms with van der Waals surface area (Å²) in [6.07, 6.45) is 1.11. The highest BCUT2D eigenvalue weighted by atomic mass is 32.2. The van der Waals surface area contributed by atoms with Gasteiger partial charge in [-0.1, -0.05) is 18.2 Å². The minimum absolute atomic E-state index is 0.338. The topological polar surface area (TPSA) is 69.6 Å². The van der Waals surface area contributed by atoms with Gasteiger partial charge in [-0.15, -0.1) is 0 Å². The van der Waals surface area contributed by atoms with Gasteiger partial charge in [0, 0.05) is 12.2 Å². The van der Waals surface area contributed by atoms with Crippen LogP contribution in [0.25, 0.3) is 0 Å². The van der Waals surface area contributed by atoms with Crippen molar-refractivity contribution in [1.29, 1.82) is 0 Å². The number of amides is 2. The van der Waals surface area contributed by atoms with Crippen molar-refractivity contribution in [3.8, 4) is 0 Å². The summed E-state index contributed by atoms with van der Waals surface area (Å²) in [6.45, 7) is 0.268. The van der Waals surface area contributed by atoms with E-state index in [4.69, 9.17) is 5.11 Å². The van der Waals surface area contributed by atoms with Crippen LogP contribution in [-0.2, 0) is 4.79 Å². The quantitative estimate of drug-likeness (QED) is 0.872. The van der Waals surface area contributed by atoms with Crippen molar-refractivity contribution in [2.75, 3.05) is 29.5 Å². The number of nitrogens with one attached hydrogen (secondary N) is 1. The molecule has 6 heteroatoms. The Kier molecular flexibility index (Phi) is 5.29. The van der Waals surface area contributed by atoms with Crippen LogP contribution < -0.4 is 10.2 Å². The molecule has 0 aliphatic carbocycles. The molecule has 2 N–H and O–H groups in total. The number of urea groups is 1. The van der Waals surface area contributed by atoms with E-state index in [-0.39, 0.29) is 12.6 Å². The van der Waals surface area contributed by atoms with Crippen LogP contribution in [0.2, 0.25) is 0 Å². The second kappa shape index (κ2) is 7.19. The molecule has 108 valence electrons. The number of rotatable bonds is 5. The molecule has 2 rings (SSSR count). The van der Waals surface area contributed by atoms with Crippen LogP contribution in [0.1, 0.15) is 6.42 Å². The molecule has 0 radical (unpaired) electrons. The first-order valence-corrected chi connectivity index (χ1v) is 7.72. The van der Waals surface area contributed by atoms with Crippen molar-refractivity contribution in [3.05, 3.63) is 30.3 Å².